The van der Waals surface area contributed by atoms with Crippen LogP contribution >= 0.6 is 11.3 Å². The predicted octanol–water partition coefficient (Wildman–Crippen LogP) is 3.15. The number of rotatable bonds is 3. The highest BCUT2D eigenvalue weighted by atomic mass is 32.1. The molecule has 0 saturated carbocycles. The quantitative estimate of drug-likeness (QED) is 0.452. The Labute approximate surface area is 213 Å². The SMILES string of the molecule is CN1CC2CN(c3ccc4c(=O)c(C(=O)NC5CCNCC5)c5sc6ccccc6n5c4c3)CC2C1. The van der Waals surface area contributed by atoms with Crippen LogP contribution in [0.4, 0.5) is 5.69 Å². The van der Waals surface area contributed by atoms with Crippen LogP contribution in [0.25, 0.3) is 25.9 Å². The number of amides is 1. The van der Waals surface area contributed by atoms with Crippen molar-refractivity contribution >= 4 is 48.9 Å². The molecule has 2 unspecified atom stereocenters. The smallest absolute Gasteiger partial charge is 0.258 e. The molecule has 0 radical (unpaired) electrons. The van der Waals surface area contributed by atoms with Gasteiger partial charge in [-0.15, -0.1) is 11.3 Å². The first-order chi connectivity index (χ1) is 17.6. The number of piperidine rings is 1. The first-order valence-corrected chi connectivity index (χ1v) is 13.8. The van der Waals surface area contributed by atoms with Gasteiger partial charge in [0.25, 0.3) is 5.91 Å². The Kier molecular flexibility index (Phi) is 5.30. The maximum atomic E-state index is 13.8. The van der Waals surface area contributed by atoms with Crippen molar-refractivity contribution in [1.29, 1.82) is 0 Å². The van der Waals surface area contributed by atoms with E-state index < -0.39 is 0 Å². The Morgan fingerprint density at radius 1 is 1.00 bits per heavy atom. The van der Waals surface area contributed by atoms with Crippen molar-refractivity contribution in [3.05, 3.63) is 58.3 Å². The number of hydrogen-bond acceptors (Lipinski definition) is 6. The summed E-state index contributed by atoms with van der Waals surface area (Å²) < 4.78 is 3.21. The van der Waals surface area contributed by atoms with Gasteiger partial charge in [-0.05, 0) is 75.1 Å². The van der Waals surface area contributed by atoms with E-state index in [4.69, 9.17) is 0 Å². The molecule has 0 aliphatic carbocycles. The molecule has 0 bridgehead atoms. The van der Waals surface area contributed by atoms with E-state index in [1.807, 2.05) is 18.2 Å². The van der Waals surface area contributed by atoms with Crippen LogP contribution in [-0.2, 0) is 0 Å². The van der Waals surface area contributed by atoms with Crippen molar-refractivity contribution in [2.45, 2.75) is 18.9 Å². The Morgan fingerprint density at radius 3 is 2.53 bits per heavy atom. The average Bonchev–Trinajstić information content (AvgIpc) is 3.55. The Morgan fingerprint density at radius 2 is 1.75 bits per heavy atom. The van der Waals surface area contributed by atoms with Gasteiger partial charge in [0.1, 0.15) is 10.4 Å². The summed E-state index contributed by atoms with van der Waals surface area (Å²) >= 11 is 1.53. The third kappa shape index (κ3) is 3.54. The number of aromatic nitrogens is 1. The van der Waals surface area contributed by atoms with E-state index in [-0.39, 0.29) is 22.9 Å². The molecular weight excluding hydrogens is 470 g/mol. The number of carbonyl (C=O) groups excluding carboxylic acids is 1. The number of carbonyl (C=O) groups is 1. The molecule has 4 aromatic rings. The molecule has 7 nitrogen and oxygen atoms in total. The lowest BCUT2D eigenvalue weighted by Crippen LogP contribution is -2.43. The zero-order chi connectivity index (χ0) is 24.4. The van der Waals surface area contributed by atoms with Gasteiger partial charge in [0.15, 0.2) is 0 Å². The largest absolute Gasteiger partial charge is 0.371 e. The highest BCUT2D eigenvalue weighted by molar-refractivity contribution is 7.24. The highest BCUT2D eigenvalue weighted by Crippen LogP contribution is 2.36. The van der Waals surface area contributed by atoms with Crippen molar-refractivity contribution < 1.29 is 4.79 Å². The minimum Gasteiger partial charge on any atom is -0.371 e. The zero-order valence-corrected chi connectivity index (χ0v) is 21.3. The molecule has 3 saturated heterocycles. The van der Waals surface area contributed by atoms with Crippen LogP contribution in [-0.4, -0.2) is 67.6 Å². The van der Waals surface area contributed by atoms with Crippen LogP contribution in [0.2, 0.25) is 0 Å². The molecule has 7 rings (SSSR count). The van der Waals surface area contributed by atoms with Gasteiger partial charge < -0.3 is 20.4 Å². The summed E-state index contributed by atoms with van der Waals surface area (Å²) in [5, 5.41) is 7.10. The number of pyridine rings is 1. The second-order valence-corrected chi connectivity index (χ2v) is 11.8. The van der Waals surface area contributed by atoms with Gasteiger partial charge in [-0.3, -0.25) is 14.0 Å². The number of fused-ring (bicyclic) bond motifs is 6. The molecule has 1 amide bonds. The minimum atomic E-state index is -0.251. The number of nitrogens with one attached hydrogen (secondary N) is 2. The van der Waals surface area contributed by atoms with Crippen LogP contribution in [0.15, 0.2) is 47.3 Å². The average molecular weight is 502 g/mol. The normalized spacial score (nSPS) is 23.2. The number of likely N-dealkylation sites (tertiary alicyclic amines) is 1. The van der Waals surface area contributed by atoms with E-state index in [1.165, 1.54) is 11.3 Å². The molecule has 2 atom stereocenters. The molecule has 2 aromatic heterocycles. The van der Waals surface area contributed by atoms with Gasteiger partial charge in [0.2, 0.25) is 5.43 Å². The van der Waals surface area contributed by atoms with E-state index >= 15 is 0 Å². The fourth-order valence-electron chi connectivity index (χ4n) is 6.58. The second-order valence-electron chi connectivity index (χ2n) is 10.8. The monoisotopic (exact) mass is 501 g/mol. The van der Waals surface area contributed by atoms with E-state index in [1.54, 1.807) is 0 Å². The van der Waals surface area contributed by atoms with Gasteiger partial charge >= 0.3 is 0 Å². The van der Waals surface area contributed by atoms with Gasteiger partial charge in [-0.1, -0.05) is 12.1 Å². The molecule has 8 heteroatoms. The topological polar surface area (TPSA) is 69.1 Å². The molecule has 2 N–H and O–H groups in total. The van der Waals surface area contributed by atoms with E-state index in [0.29, 0.717) is 17.2 Å². The third-order valence-corrected chi connectivity index (χ3v) is 9.50. The molecule has 186 valence electrons. The minimum absolute atomic E-state index is 0.0966. The second kappa shape index (κ2) is 8.57. The molecule has 2 aromatic carbocycles. The molecule has 3 aliphatic rings. The Balaban J connectivity index is 1.37. The zero-order valence-electron chi connectivity index (χ0n) is 20.5. The van der Waals surface area contributed by atoms with Gasteiger partial charge in [-0.2, -0.15) is 0 Å². The van der Waals surface area contributed by atoms with Crippen molar-refractivity contribution in [1.82, 2.24) is 19.9 Å². The van der Waals surface area contributed by atoms with Gasteiger partial charge in [0, 0.05) is 43.3 Å². The van der Waals surface area contributed by atoms with Crippen molar-refractivity contribution in [3.8, 4) is 0 Å². The summed E-state index contributed by atoms with van der Waals surface area (Å²) in [6.45, 7) is 6.19. The highest BCUT2D eigenvalue weighted by Gasteiger charge is 2.38. The Hall–Kier alpha value is -2.94. The number of benzene rings is 2. The van der Waals surface area contributed by atoms with Crippen LogP contribution in [0.3, 0.4) is 0 Å². The summed E-state index contributed by atoms with van der Waals surface area (Å²) in [6.07, 6.45) is 1.76. The maximum absolute atomic E-state index is 13.8. The lowest BCUT2D eigenvalue weighted by Gasteiger charge is -2.24. The predicted molar refractivity (Wildman–Crippen MR) is 147 cm³/mol. The van der Waals surface area contributed by atoms with Crippen LogP contribution in [0.5, 0.6) is 0 Å². The number of anilines is 1. The van der Waals surface area contributed by atoms with Crippen molar-refractivity contribution in [2.75, 3.05) is 51.2 Å². The molecule has 5 heterocycles. The number of thiazole rings is 1. The van der Waals surface area contributed by atoms with Crippen LogP contribution in [0, 0.1) is 11.8 Å². The fraction of sp³-hybridized carbons (Fsp3) is 0.429. The van der Waals surface area contributed by atoms with Gasteiger partial charge in [-0.25, -0.2) is 0 Å². The van der Waals surface area contributed by atoms with Crippen LogP contribution in [0.1, 0.15) is 23.2 Å². The summed E-state index contributed by atoms with van der Waals surface area (Å²) in [4.78, 5) is 33.0. The first kappa shape index (κ1) is 22.3. The fourth-order valence-corrected chi connectivity index (χ4v) is 7.77. The van der Waals surface area contributed by atoms with E-state index in [9.17, 15) is 9.59 Å². The van der Waals surface area contributed by atoms with E-state index in [2.05, 4.69) is 56.1 Å². The van der Waals surface area contributed by atoms with Crippen molar-refractivity contribution in [2.24, 2.45) is 11.8 Å². The van der Waals surface area contributed by atoms with Crippen LogP contribution < -0.4 is 21.0 Å². The molecule has 3 fully saturated rings. The standard InChI is InChI=1S/C28H31N5O2S/c1-31-13-17-15-32(16-18(17)14-31)20-6-7-21-23(12-20)33-22-4-2-3-5-24(22)36-28(33)25(26(21)34)27(35)30-19-8-10-29-11-9-19/h2-7,12,17-19,29H,8-11,13-16H2,1H3,(H,30,35). The summed E-state index contributed by atoms with van der Waals surface area (Å²) in [7, 11) is 2.21. The van der Waals surface area contributed by atoms with Gasteiger partial charge in [0.05, 0.1) is 15.7 Å². The summed E-state index contributed by atoms with van der Waals surface area (Å²) in [5.74, 6) is 1.16. The summed E-state index contributed by atoms with van der Waals surface area (Å²) in [6, 6.07) is 14.5. The number of hydrogen-bond donors (Lipinski definition) is 2. The molecule has 3 aliphatic heterocycles. The molecule has 36 heavy (non-hydrogen) atoms. The Bertz CT molecular complexity index is 1540. The summed E-state index contributed by atoms with van der Waals surface area (Å²) in [5.41, 5.74) is 3.19. The van der Waals surface area contributed by atoms with E-state index in [0.717, 1.165) is 78.4 Å². The number of para-hydroxylation sites is 1. The maximum Gasteiger partial charge on any atom is 0.258 e. The van der Waals surface area contributed by atoms with Crippen molar-refractivity contribution in [3.63, 3.8) is 0 Å². The third-order valence-electron chi connectivity index (χ3n) is 8.36. The lowest BCUT2D eigenvalue weighted by molar-refractivity contribution is 0.0930. The lowest BCUT2D eigenvalue weighted by atomic mass is 10.0. The molecular formula is C28H31N5O2S. The first-order valence-electron chi connectivity index (χ1n) is 13.0. The molecule has 0 spiro atoms. The number of nitrogens with zero attached hydrogens (tertiary/aromatic N) is 3.